The molecule has 26 heavy (non-hydrogen) atoms. The highest BCUT2D eigenvalue weighted by Gasteiger charge is 2.28. The van der Waals surface area contributed by atoms with E-state index in [2.05, 4.69) is 5.32 Å². The third kappa shape index (κ3) is 4.29. The third-order valence-corrected chi connectivity index (χ3v) is 5.69. The molecule has 2 aliphatic rings. The van der Waals surface area contributed by atoms with Crippen molar-refractivity contribution in [1.29, 1.82) is 0 Å². The van der Waals surface area contributed by atoms with Crippen molar-refractivity contribution in [3.63, 3.8) is 0 Å². The second-order valence-corrected chi connectivity index (χ2v) is 7.46. The summed E-state index contributed by atoms with van der Waals surface area (Å²) >= 11 is 0. The second-order valence-electron chi connectivity index (χ2n) is 7.46. The Morgan fingerprint density at radius 2 is 1.88 bits per heavy atom. The van der Waals surface area contributed by atoms with Gasteiger partial charge in [0.25, 0.3) is 5.91 Å². The molecule has 2 amide bonds. The molecule has 2 fully saturated rings. The summed E-state index contributed by atoms with van der Waals surface area (Å²) < 4.78 is 7.72. The summed E-state index contributed by atoms with van der Waals surface area (Å²) in [7, 11) is 1.91. The van der Waals surface area contributed by atoms with Crippen LogP contribution in [0.5, 0.6) is 0 Å². The molecule has 1 aliphatic carbocycles. The molecule has 0 spiro atoms. The lowest BCUT2D eigenvalue weighted by Gasteiger charge is -2.35. The zero-order chi connectivity index (χ0) is 18.5. The predicted molar refractivity (Wildman–Crippen MR) is 99.9 cm³/mol. The molecule has 2 heterocycles. The minimum absolute atomic E-state index is 0.0681. The Kier molecular flexibility index (Phi) is 6.35. The first kappa shape index (κ1) is 19.0. The van der Waals surface area contributed by atoms with Gasteiger partial charge in [0.15, 0.2) is 0 Å². The molecule has 6 nitrogen and oxygen atoms in total. The van der Waals surface area contributed by atoms with E-state index in [9.17, 15) is 9.59 Å². The lowest BCUT2D eigenvalue weighted by atomic mass is 9.99. The first-order valence-electron chi connectivity index (χ1n) is 9.90. The number of ether oxygens (including phenoxy) is 1. The molecule has 1 N–H and O–H groups in total. The van der Waals surface area contributed by atoms with E-state index in [0.29, 0.717) is 24.9 Å². The van der Waals surface area contributed by atoms with E-state index < -0.39 is 0 Å². The Labute approximate surface area is 155 Å². The standard InChI is InChI=1S/C20H31N3O3/c1-15(24)23-13-6-5-9-18(23)17-10-11-19(22(17)2)20(25)21-12-14-26-16-7-3-4-8-16/h10-11,16,18H,3-9,12-14H2,1-2H3,(H,21,25). The van der Waals surface area contributed by atoms with Crippen LogP contribution in [0.3, 0.4) is 0 Å². The van der Waals surface area contributed by atoms with E-state index in [1.54, 1.807) is 6.92 Å². The Bertz CT molecular complexity index is 634. The van der Waals surface area contributed by atoms with Crippen molar-refractivity contribution in [2.45, 2.75) is 64.0 Å². The zero-order valence-electron chi connectivity index (χ0n) is 16.0. The maximum absolute atomic E-state index is 12.5. The van der Waals surface area contributed by atoms with Gasteiger partial charge in [0, 0.05) is 32.8 Å². The quantitative estimate of drug-likeness (QED) is 0.793. The number of piperidine rings is 1. The molecule has 144 valence electrons. The third-order valence-electron chi connectivity index (χ3n) is 5.69. The maximum Gasteiger partial charge on any atom is 0.267 e. The Morgan fingerprint density at radius 1 is 1.15 bits per heavy atom. The molecule has 1 saturated carbocycles. The number of hydrogen-bond acceptors (Lipinski definition) is 3. The molecular formula is C20H31N3O3. The van der Waals surface area contributed by atoms with Crippen LogP contribution in [0.4, 0.5) is 0 Å². The van der Waals surface area contributed by atoms with Crippen molar-refractivity contribution in [1.82, 2.24) is 14.8 Å². The summed E-state index contributed by atoms with van der Waals surface area (Å²) in [5, 5.41) is 2.95. The first-order chi connectivity index (χ1) is 12.6. The van der Waals surface area contributed by atoms with Gasteiger partial charge in [0.05, 0.1) is 18.8 Å². The number of nitrogens with zero attached hydrogens (tertiary/aromatic N) is 2. The van der Waals surface area contributed by atoms with Gasteiger partial charge in [-0.3, -0.25) is 9.59 Å². The van der Waals surface area contributed by atoms with E-state index in [1.807, 2.05) is 28.6 Å². The Morgan fingerprint density at radius 3 is 2.62 bits per heavy atom. The Hall–Kier alpha value is -1.82. The molecule has 1 saturated heterocycles. The first-order valence-corrected chi connectivity index (χ1v) is 9.90. The minimum atomic E-state index is -0.0843. The molecule has 6 heteroatoms. The van der Waals surface area contributed by atoms with Crippen molar-refractivity contribution in [2.24, 2.45) is 7.05 Å². The number of likely N-dealkylation sites (tertiary alicyclic amines) is 1. The monoisotopic (exact) mass is 361 g/mol. The van der Waals surface area contributed by atoms with Gasteiger partial charge in [-0.05, 0) is 44.2 Å². The van der Waals surface area contributed by atoms with E-state index in [4.69, 9.17) is 4.74 Å². The van der Waals surface area contributed by atoms with Crippen LogP contribution in [0, 0.1) is 0 Å². The summed E-state index contributed by atoms with van der Waals surface area (Å²) in [6, 6.07) is 3.91. The molecule has 1 unspecified atom stereocenters. The van der Waals surface area contributed by atoms with Crippen LogP contribution in [0.25, 0.3) is 0 Å². The summed E-state index contributed by atoms with van der Waals surface area (Å²) in [6.45, 7) is 3.51. The highest BCUT2D eigenvalue weighted by atomic mass is 16.5. The summed E-state index contributed by atoms with van der Waals surface area (Å²) in [5.41, 5.74) is 1.67. The molecular weight excluding hydrogens is 330 g/mol. The normalized spacial score (nSPS) is 21.2. The molecule has 3 rings (SSSR count). The summed E-state index contributed by atoms with van der Waals surface area (Å²) in [6.07, 6.45) is 8.27. The van der Waals surface area contributed by atoms with E-state index >= 15 is 0 Å². The van der Waals surface area contributed by atoms with Crippen LogP contribution < -0.4 is 5.32 Å². The number of aromatic nitrogens is 1. The van der Waals surface area contributed by atoms with Gasteiger partial charge in [0.2, 0.25) is 5.91 Å². The molecule has 0 aromatic carbocycles. The van der Waals surface area contributed by atoms with Crippen molar-refractivity contribution in [3.05, 3.63) is 23.5 Å². The van der Waals surface area contributed by atoms with Gasteiger partial charge in [-0.25, -0.2) is 0 Å². The highest BCUT2D eigenvalue weighted by Crippen LogP contribution is 2.31. The second kappa shape index (κ2) is 8.71. The van der Waals surface area contributed by atoms with E-state index in [1.165, 1.54) is 12.8 Å². The van der Waals surface area contributed by atoms with Crippen molar-refractivity contribution >= 4 is 11.8 Å². The number of carbonyl (C=O) groups is 2. The highest BCUT2D eigenvalue weighted by molar-refractivity contribution is 5.92. The van der Waals surface area contributed by atoms with Crippen LogP contribution in [0.2, 0.25) is 0 Å². The van der Waals surface area contributed by atoms with Gasteiger partial charge in [0.1, 0.15) is 5.69 Å². The van der Waals surface area contributed by atoms with Gasteiger partial charge in [-0.15, -0.1) is 0 Å². The zero-order valence-corrected chi connectivity index (χ0v) is 16.0. The number of carbonyl (C=O) groups excluding carboxylic acids is 2. The SMILES string of the molecule is CC(=O)N1CCCCC1c1ccc(C(=O)NCCOC2CCCC2)n1C. The van der Waals surface area contributed by atoms with Crippen molar-refractivity contribution < 1.29 is 14.3 Å². The molecule has 1 aliphatic heterocycles. The smallest absolute Gasteiger partial charge is 0.267 e. The van der Waals surface area contributed by atoms with Gasteiger partial charge in [-0.1, -0.05) is 12.8 Å². The molecule has 1 atom stereocenters. The number of nitrogens with one attached hydrogen (secondary N) is 1. The fraction of sp³-hybridized carbons (Fsp3) is 0.700. The average molecular weight is 361 g/mol. The van der Waals surface area contributed by atoms with Crippen molar-refractivity contribution in [3.8, 4) is 0 Å². The van der Waals surface area contributed by atoms with Gasteiger partial charge < -0.3 is 19.5 Å². The van der Waals surface area contributed by atoms with Crippen LogP contribution in [-0.2, 0) is 16.6 Å². The lowest BCUT2D eigenvalue weighted by molar-refractivity contribution is -0.132. The fourth-order valence-corrected chi connectivity index (χ4v) is 4.24. The number of rotatable bonds is 6. The van der Waals surface area contributed by atoms with Crippen LogP contribution in [-0.4, -0.2) is 47.1 Å². The summed E-state index contributed by atoms with van der Waals surface area (Å²) in [5.74, 6) is 0.0184. The van der Waals surface area contributed by atoms with Gasteiger partial charge >= 0.3 is 0 Å². The number of amides is 2. The Balaban J connectivity index is 1.56. The van der Waals surface area contributed by atoms with Gasteiger partial charge in [-0.2, -0.15) is 0 Å². The molecule has 0 bridgehead atoms. The molecule has 1 aromatic rings. The topological polar surface area (TPSA) is 63.6 Å². The van der Waals surface area contributed by atoms with Crippen LogP contribution in [0.15, 0.2) is 12.1 Å². The largest absolute Gasteiger partial charge is 0.376 e. The average Bonchev–Trinajstić information content (AvgIpc) is 3.28. The van der Waals surface area contributed by atoms with Crippen LogP contribution >= 0.6 is 0 Å². The fourth-order valence-electron chi connectivity index (χ4n) is 4.24. The minimum Gasteiger partial charge on any atom is -0.376 e. The van der Waals surface area contributed by atoms with E-state index in [-0.39, 0.29) is 17.9 Å². The van der Waals surface area contributed by atoms with E-state index in [0.717, 1.165) is 44.3 Å². The van der Waals surface area contributed by atoms with Crippen molar-refractivity contribution in [2.75, 3.05) is 19.7 Å². The molecule has 0 radical (unpaired) electrons. The predicted octanol–water partition coefficient (Wildman–Crippen LogP) is 2.79. The summed E-state index contributed by atoms with van der Waals surface area (Å²) in [4.78, 5) is 26.4. The maximum atomic E-state index is 12.5. The van der Waals surface area contributed by atoms with Crippen LogP contribution in [0.1, 0.15) is 74.1 Å². The number of hydrogen-bond donors (Lipinski definition) is 1. The molecule has 1 aromatic heterocycles. The lowest BCUT2D eigenvalue weighted by Crippen LogP contribution is -2.38.